The van der Waals surface area contributed by atoms with Crippen molar-refractivity contribution >= 4 is 22.3 Å². The summed E-state index contributed by atoms with van der Waals surface area (Å²) in [5.74, 6) is 0.994. The molecule has 6 nitrogen and oxygen atoms in total. The average Bonchev–Trinajstić information content (AvgIpc) is 3.22. The lowest BCUT2D eigenvalue weighted by Crippen LogP contribution is -2.26. The van der Waals surface area contributed by atoms with E-state index >= 15 is 0 Å². The molecular weight excluding hydrogens is 420 g/mol. The van der Waals surface area contributed by atoms with E-state index in [0.29, 0.717) is 13.0 Å². The smallest absolute Gasteiger partial charge is 0.194 e. The Morgan fingerprint density at radius 1 is 1.31 bits per heavy atom. The molecule has 0 saturated carbocycles. The molecule has 1 N–H and O–H groups in total. The minimum atomic E-state index is -0.0363. The van der Waals surface area contributed by atoms with Gasteiger partial charge in [-0.1, -0.05) is 37.3 Å². The second-order valence-corrected chi connectivity index (χ2v) is 10.0. The van der Waals surface area contributed by atoms with Crippen LogP contribution < -0.4 is 10.2 Å². The van der Waals surface area contributed by atoms with Crippen molar-refractivity contribution in [1.29, 1.82) is 0 Å². The average molecular weight is 447 g/mol. The minimum absolute atomic E-state index is 0.0363. The van der Waals surface area contributed by atoms with Crippen LogP contribution >= 0.6 is 11.3 Å². The van der Waals surface area contributed by atoms with Gasteiger partial charge in [-0.3, -0.25) is 14.7 Å². The van der Waals surface area contributed by atoms with Gasteiger partial charge in [0, 0.05) is 42.8 Å². The second kappa shape index (κ2) is 8.39. The molecule has 2 aromatic rings. The van der Waals surface area contributed by atoms with E-state index in [2.05, 4.69) is 42.4 Å². The number of fused-ring (bicyclic) bond motifs is 1. The first-order valence-corrected chi connectivity index (χ1v) is 11.7. The largest absolute Gasteiger partial charge is 0.462 e. The molecule has 164 valence electrons. The van der Waals surface area contributed by atoms with Crippen LogP contribution in [0.25, 0.3) is 0 Å². The molecule has 0 atom stereocenters. The predicted octanol–water partition coefficient (Wildman–Crippen LogP) is 5.24. The number of allylic oxidation sites excluding steroid dienone is 3. The maximum Gasteiger partial charge on any atom is 0.194 e. The number of ketones is 1. The highest BCUT2D eigenvalue weighted by atomic mass is 32.1. The van der Waals surface area contributed by atoms with E-state index in [1.165, 1.54) is 11.3 Å². The van der Waals surface area contributed by atoms with Gasteiger partial charge in [-0.25, -0.2) is 4.98 Å². The number of pyridine rings is 1. The van der Waals surface area contributed by atoms with Gasteiger partial charge in [0.1, 0.15) is 12.0 Å². The van der Waals surface area contributed by atoms with Crippen LogP contribution in [0.3, 0.4) is 0 Å². The van der Waals surface area contributed by atoms with Crippen molar-refractivity contribution < 1.29 is 9.53 Å². The van der Waals surface area contributed by atoms with Crippen molar-refractivity contribution in [2.24, 2.45) is 5.41 Å². The van der Waals surface area contributed by atoms with Gasteiger partial charge < -0.3 is 10.1 Å². The second-order valence-electron chi connectivity index (χ2n) is 9.06. The first-order chi connectivity index (χ1) is 15.5. The van der Waals surface area contributed by atoms with Crippen molar-refractivity contribution in [3.8, 4) is 0 Å². The molecular formula is C25H26N4O2S. The van der Waals surface area contributed by atoms with Crippen molar-refractivity contribution in [1.82, 2.24) is 15.3 Å². The fourth-order valence-corrected chi connectivity index (χ4v) is 5.22. The molecule has 0 amide bonds. The van der Waals surface area contributed by atoms with Gasteiger partial charge in [0.2, 0.25) is 0 Å². The van der Waals surface area contributed by atoms with Crippen LogP contribution in [0.4, 0.5) is 5.13 Å². The topological polar surface area (TPSA) is 67.3 Å². The van der Waals surface area contributed by atoms with Gasteiger partial charge in [0.25, 0.3) is 0 Å². The third-order valence-corrected chi connectivity index (χ3v) is 6.94. The molecule has 3 aliphatic rings. The number of hydrogen-bond acceptors (Lipinski definition) is 7. The Balaban J connectivity index is 1.41. The molecule has 0 spiro atoms. The Kier molecular flexibility index (Phi) is 5.43. The van der Waals surface area contributed by atoms with Gasteiger partial charge in [-0.2, -0.15) is 0 Å². The summed E-state index contributed by atoms with van der Waals surface area (Å²) in [4.78, 5) is 24.4. The maximum absolute atomic E-state index is 12.6. The van der Waals surface area contributed by atoms with E-state index in [1.807, 2.05) is 29.6 Å². The zero-order chi connectivity index (χ0) is 22.1. The van der Waals surface area contributed by atoms with Crippen molar-refractivity contribution in [3.63, 3.8) is 0 Å². The van der Waals surface area contributed by atoms with E-state index in [-0.39, 0.29) is 11.2 Å². The van der Waals surface area contributed by atoms with E-state index < -0.39 is 0 Å². The van der Waals surface area contributed by atoms with Crippen molar-refractivity contribution in [3.05, 3.63) is 88.5 Å². The number of ether oxygens (including phenoxy) is 1. The van der Waals surface area contributed by atoms with Crippen LogP contribution in [-0.4, -0.2) is 15.8 Å². The lowest BCUT2D eigenvalue weighted by atomic mass is 9.78. The molecule has 2 aliphatic carbocycles. The number of Topliss-reactive ketones (excluding diaryl/α,β-unsaturated/α-hetero) is 1. The standard InChI is InChI=1S/C25H26N4O2S/c1-25(2)12-20-23(21(30)13-25)32-24(28-20)29-10-11-31-22(16-29)18-7-3-4-8-19(18)27-15-17-6-5-9-26-14-17/h4-6,8-11,14,16,27H,3,7,12-13,15H2,1-2H3. The number of anilines is 1. The van der Waals surface area contributed by atoms with Crippen LogP contribution in [0.2, 0.25) is 0 Å². The fourth-order valence-electron chi connectivity index (χ4n) is 4.24. The third-order valence-electron chi connectivity index (χ3n) is 5.79. The van der Waals surface area contributed by atoms with Crippen LogP contribution in [0.1, 0.15) is 54.0 Å². The molecule has 0 bridgehead atoms. The van der Waals surface area contributed by atoms with Crippen LogP contribution in [0, 0.1) is 5.41 Å². The molecule has 2 aromatic heterocycles. The first-order valence-electron chi connectivity index (χ1n) is 10.9. The Bertz CT molecular complexity index is 1160. The number of carbonyl (C=O) groups excluding carboxylic acids is 1. The molecule has 32 heavy (non-hydrogen) atoms. The first kappa shape index (κ1) is 20.7. The summed E-state index contributed by atoms with van der Waals surface area (Å²) in [6, 6.07) is 4.00. The third kappa shape index (κ3) is 4.25. The summed E-state index contributed by atoms with van der Waals surface area (Å²) in [7, 11) is 0. The van der Waals surface area contributed by atoms with Gasteiger partial charge in [-0.15, -0.1) is 0 Å². The lowest BCUT2D eigenvalue weighted by molar-refractivity contribution is 0.0916. The monoisotopic (exact) mass is 446 g/mol. The van der Waals surface area contributed by atoms with E-state index in [4.69, 9.17) is 9.72 Å². The maximum atomic E-state index is 12.6. The summed E-state index contributed by atoms with van der Waals surface area (Å²) in [5, 5.41) is 4.33. The molecule has 0 radical (unpaired) electrons. The number of rotatable bonds is 5. The fraction of sp³-hybridized carbons (Fsp3) is 0.320. The quantitative estimate of drug-likeness (QED) is 0.678. The molecule has 7 heteroatoms. The molecule has 1 aliphatic heterocycles. The Labute approximate surface area is 192 Å². The molecule has 0 fully saturated rings. The number of hydrogen-bond donors (Lipinski definition) is 1. The van der Waals surface area contributed by atoms with Crippen molar-refractivity contribution in [2.45, 2.75) is 46.1 Å². The Hall–Kier alpha value is -3.19. The van der Waals surface area contributed by atoms with Crippen LogP contribution in [-0.2, 0) is 17.7 Å². The number of nitrogens with one attached hydrogen (secondary N) is 1. The zero-order valence-electron chi connectivity index (χ0n) is 18.3. The molecule has 0 unspecified atom stereocenters. The molecule has 3 heterocycles. The van der Waals surface area contributed by atoms with E-state index in [1.54, 1.807) is 12.5 Å². The van der Waals surface area contributed by atoms with Crippen LogP contribution in [0.5, 0.6) is 0 Å². The number of aromatic nitrogens is 2. The molecule has 0 saturated heterocycles. The number of nitrogens with zero attached hydrogens (tertiary/aromatic N) is 3. The number of carbonyl (C=O) groups is 1. The summed E-state index contributed by atoms with van der Waals surface area (Å²) >= 11 is 1.47. The van der Waals surface area contributed by atoms with Gasteiger partial charge in [-0.05, 0) is 42.4 Å². The SMILES string of the molecule is CC1(C)CC(=O)c2sc(N3C=COC(C4=C(NCc5cccnc5)C=CCC4)=C3)nc2C1. The highest BCUT2D eigenvalue weighted by Gasteiger charge is 2.34. The predicted molar refractivity (Wildman–Crippen MR) is 126 cm³/mol. The Morgan fingerprint density at radius 2 is 2.22 bits per heavy atom. The lowest BCUT2D eigenvalue weighted by Gasteiger charge is -2.26. The highest BCUT2D eigenvalue weighted by Crippen LogP contribution is 2.40. The summed E-state index contributed by atoms with van der Waals surface area (Å²) in [6.07, 6.45) is 16.7. The van der Waals surface area contributed by atoms with E-state index in [9.17, 15) is 4.79 Å². The van der Waals surface area contributed by atoms with Crippen LogP contribution in [0.15, 0.2) is 72.4 Å². The summed E-state index contributed by atoms with van der Waals surface area (Å²) in [5.41, 5.74) is 4.19. The van der Waals surface area contributed by atoms with Crippen molar-refractivity contribution in [2.75, 3.05) is 4.90 Å². The summed E-state index contributed by atoms with van der Waals surface area (Å²) in [6.45, 7) is 4.95. The van der Waals surface area contributed by atoms with Gasteiger partial charge in [0.15, 0.2) is 10.9 Å². The molecule has 5 rings (SSSR count). The minimum Gasteiger partial charge on any atom is -0.462 e. The normalized spacial score (nSPS) is 19.5. The highest BCUT2D eigenvalue weighted by molar-refractivity contribution is 7.17. The zero-order valence-corrected chi connectivity index (χ0v) is 19.1. The summed E-state index contributed by atoms with van der Waals surface area (Å²) < 4.78 is 5.91. The Morgan fingerprint density at radius 3 is 3.06 bits per heavy atom. The molecule has 0 aromatic carbocycles. The van der Waals surface area contributed by atoms with Gasteiger partial charge >= 0.3 is 0 Å². The van der Waals surface area contributed by atoms with Gasteiger partial charge in [0.05, 0.1) is 16.8 Å². The number of thiazole rings is 1. The van der Waals surface area contributed by atoms with E-state index in [0.717, 1.165) is 57.6 Å².